The molecule has 1 saturated heterocycles. The van der Waals surface area contributed by atoms with E-state index in [1.165, 1.54) is 21.7 Å². The first-order chi connectivity index (χ1) is 19.6. The van der Waals surface area contributed by atoms with Crippen LogP contribution in [0, 0.1) is 6.66 Å². The normalized spacial score (nSPS) is 19.4. The van der Waals surface area contributed by atoms with E-state index in [-0.39, 0.29) is 11.6 Å². The molecule has 4 aromatic carbocycles. The molecular weight excluding hydrogens is 524 g/mol. The van der Waals surface area contributed by atoms with Gasteiger partial charge in [0.05, 0.1) is 8.07 Å². The lowest BCUT2D eigenvalue weighted by molar-refractivity contribution is -0.0191. The number of hydrogen-bond acceptors (Lipinski definition) is 3. The second-order valence-corrected chi connectivity index (χ2v) is 16.1. The van der Waals surface area contributed by atoms with E-state index in [1.807, 2.05) is 0 Å². The molecule has 4 aromatic rings. The summed E-state index contributed by atoms with van der Waals surface area (Å²) in [5.74, 6) is 0.413. The Labute approximate surface area is 244 Å². The van der Waals surface area contributed by atoms with Gasteiger partial charge in [-0.3, -0.25) is 0 Å². The van der Waals surface area contributed by atoms with Crippen LogP contribution in [0.15, 0.2) is 121 Å². The van der Waals surface area contributed by atoms with Gasteiger partial charge in [-0.1, -0.05) is 149 Å². The Morgan fingerprint density at radius 1 is 0.625 bits per heavy atom. The van der Waals surface area contributed by atoms with Gasteiger partial charge >= 0.3 is 0 Å². The van der Waals surface area contributed by atoms with E-state index in [2.05, 4.69) is 157 Å². The Bertz CT molecular complexity index is 1210. The van der Waals surface area contributed by atoms with E-state index < -0.39 is 15.5 Å². The monoisotopic (exact) mass is 567 g/mol. The summed E-state index contributed by atoms with van der Waals surface area (Å²) < 4.78 is 2.93. The highest BCUT2D eigenvalue weighted by atomic mass is 31.2. The number of nitrogens with zero attached hydrogens (tertiary/aromatic N) is 3. The first-order valence-electron chi connectivity index (χ1n) is 14.7. The summed E-state index contributed by atoms with van der Waals surface area (Å²) >= 11 is 0. The Morgan fingerprint density at radius 3 is 1.35 bits per heavy atom. The maximum absolute atomic E-state index is 5.48. The zero-order chi connectivity index (χ0) is 28.0. The molecular formula is C35H43N3P2. The highest BCUT2D eigenvalue weighted by Gasteiger charge is 2.62. The minimum Gasteiger partial charge on any atom is -0.198 e. The van der Waals surface area contributed by atoms with Crippen molar-refractivity contribution in [3.8, 4) is 0 Å². The molecule has 0 amide bonds. The topological polar surface area (TPSA) is 9.72 Å². The van der Waals surface area contributed by atoms with Crippen LogP contribution in [0.1, 0.15) is 56.3 Å². The van der Waals surface area contributed by atoms with Crippen LogP contribution in [0.2, 0.25) is 0 Å². The summed E-state index contributed by atoms with van der Waals surface area (Å²) in [6, 6.07) is 44.9. The molecule has 0 spiro atoms. The van der Waals surface area contributed by atoms with Crippen molar-refractivity contribution < 1.29 is 0 Å². The number of hydrogen-bond donors (Lipinski definition) is 0. The number of rotatable bonds is 11. The molecule has 0 N–H and O–H groups in total. The van der Waals surface area contributed by atoms with Gasteiger partial charge in [-0.25, -0.2) is 0 Å². The highest BCUT2D eigenvalue weighted by Crippen LogP contribution is 2.88. The van der Waals surface area contributed by atoms with Gasteiger partial charge in [0.15, 0.2) is 11.6 Å². The molecule has 0 saturated carbocycles. The average Bonchev–Trinajstić information content (AvgIpc) is 3.29. The van der Waals surface area contributed by atoms with E-state index >= 15 is 0 Å². The van der Waals surface area contributed by atoms with Crippen LogP contribution in [0.3, 0.4) is 0 Å². The SMILES string of the molecule is [CH2-][P+]1(N(CCCC)P(c2ccccc2)c2ccccc2)[C@H](c2ccccc2)N(CC)N(CC)[C@H]1c1ccccc1. The van der Waals surface area contributed by atoms with Crippen LogP contribution >= 0.6 is 15.5 Å². The molecule has 5 rings (SSSR count). The van der Waals surface area contributed by atoms with Gasteiger partial charge in [-0.15, -0.1) is 0 Å². The third-order valence-corrected chi connectivity index (χ3v) is 15.6. The van der Waals surface area contributed by atoms with Gasteiger partial charge in [0.1, 0.15) is 0 Å². The summed E-state index contributed by atoms with van der Waals surface area (Å²) in [7, 11) is -2.99. The predicted molar refractivity (Wildman–Crippen MR) is 176 cm³/mol. The Balaban J connectivity index is 1.81. The van der Waals surface area contributed by atoms with Crippen molar-refractivity contribution in [3.63, 3.8) is 0 Å². The standard InChI is InChI=1S/C35H43N3P2/c1-5-8-29-38(39(32-25-17-11-18-26-32)33-27-19-12-20-28-33)40(4)34(30-21-13-9-14-22-30)36(6-2)37(7-3)35(40)31-23-15-10-16-24-31/h9-28,34-35H,4-8,29H2,1-3H3/t34-,35-/m1/s1. The second-order valence-electron chi connectivity index (χ2n) is 10.4. The van der Waals surface area contributed by atoms with Crippen molar-refractivity contribution in [3.05, 3.63) is 139 Å². The molecule has 2 atom stereocenters. The Kier molecular flexibility index (Phi) is 9.84. The maximum atomic E-state index is 5.48. The van der Waals surface area contributed by atoms with Crippen LogP contribution in [0.25, 0.3) is 0 Å². The van der Waals surface area contributed by atoms with E-state index in [4.69, 9.17) is 6.66 Å². The molecule has 0 unspecified atom stereocenters. The summed E-state index contributed by atoms with van der Waals surface area (Å²) in [5.41, 5.74) is 2.75. The van der Waals surface area contributed by atoms with E-state index in [1.54, 1.807) is 0 Å². The van der Waals surface area contributed by atoms with Crippen LogP contribution < -0.4 is 10.6 Å². The number of unbranched alkanes of at least 4 members (excludes halogenated alkanes) is 1. The quantitative estimate of drug-likeness (QED) is 0.132. The molecule has 0 aromatic heterocycles. The zero-order valence-electron chi connectivity index (χ0n) is 24.2. The third-order valence-electron chi connectivity index (χ3n) is 7.96. The molecule has 208 valence electrons. The van der Waals surface area contributed by atoms with Crippen LogP contribution in [0.4, 0.5) is 0 Å². The lowest BCUT2D eigenvalue weighted by atomic mass is 10.2. The molecule has 1 aliphatic heterocycles. The molecule has 1 heterocycles. The third kappa shape index (κ3) is 5.56. The molecule has 0 aliphatic carbocycles. The molecule has 0 bridgehead atoms. The van der Waals surface area contributed by atoms with Crippen LogP contribution in [0.5, 0.6) is 0 Å². The summed E-state index contributed by atoms with van der Waals surface area (Å²) in [4.78, 5) is 0. The molecule has 1 aliphatic rings. The minimum absolute atomic E-state index is 0.207. The molecule has 5 heteroatoms. The zero-order valence-corrected chi connectivity index (χ0v) is 26.0. The lowest BCUT2D eigenvalue weighted by Gasteiger charge is -2.48. The second kappa shape index (κ2) is 13.5. The van der Waals surface area contributed by atoms with Crippen LogP contribution in [-0.4, -0.2) is 34.1 Å². The van der Waals surface area contributed by atoms with Gasteiger partial charge in [0.25, 0.3) is 0 Å². The van der Waals surface area contributed by atoms with Gasteiger partial charge in [-0.05, 0) is 17.0 Å². The lowest BCUT2D eigenvalue weighted by Crippen LogP contribution is -2.38. The van der Waals surface area contributed by atoms with E-state index in [0.29, 0.717) is 0 Å². The summed E-state index contributed by atoms with van der Waals surface area (Å²) in [5, 5.41) is 8.10. The van der Waals surface area contributed by atoms with Crippen molar-refractivity contribution in [1.82, 2.24) is 14.5 Å². The molecule has 40 heavy (non-hydrogen) atoms. The van der Waals surface area contributed by atoms with Gasteiger partial charge < -0.3 is 0 Å². The first-order valence-corrected chi connectivity index (χ1v) is 18.0. The van der Waals surface area contributed by atoms with Crippen molar-refractivity contribution in [2.24, 2.45) is 0 Å². The number of benzene rings is 4. The van der Waals surface area contributed by atoms with Crippen molar-refractivity contribution in [2.75, 3.05) is 19.6 Å². The van der Waals surface area contributed by atoms with Gasteiger partial charge in [-0.2, -0.15) is 21.1 Å². The smallest absolute Gasteiger partial charge is 0.151 e. The van der Waals surface area contributed by atoms with E-state index in [9.17, 15) is 0 Å². The first kappa shape index (κ1) is 29.1. The van der Waals surface area contributed by atoms with Crippen LogP contribution in [-0.2, 0) is 0 Å². The fraction of sp³-hybridized carbons (Fsp3) is 0.286. The van der Waals surface area contributed by atoms with Crippen molar-refractivity contribution in [2.45, 2.75) is 45.2 Å². The highest BCUT2D eigenvalue weighted by molar-refractivity contribution is 7.87. The molecule has 1 fully saturated rings. The molecule has 0 radical (unpaired) electrons. The van der Waals surface area contributed by atoms with Gasteiger partial charge in [0, 0.05) is 38.2 Å². The predicted octanol–water partition coefficient (Wildman–Crippen LogP) is 8.83. The minimum atomic E-state index is -2.19. The van der Waals surface area contributed by atoms with Gasteiger partial charge in [0.2, 0.25) is 0 Å². The summed E-state index contributed by atoms with van der Waals surface area (Å²) in [6.07, 6.45) is 2.31. The fourth-order valence-electron chi connectivity index (χ4n) is 6.26. The maximum Gasteiger partial charge on any atom is 0.151 e. The summed E-state index contributed by atoms with van der Waals surface area (Å²) in [6.45, 7) is 15.3. The van der Waals surface area contributed by atoms with Crippen molar-refractivity contribution in [1.29, 1.82) is 0 Å². The average molecular weight is 568 g/mol. The fourth-order valence-corrected chi connectivity index (χ4v) is 15.1. The number of hydrazine groups is 1. The van der Waals surface area contributed by atoms with E-state index in [0.717, 1.165) is 32.5 Å². The molecule has 3 nitrogen and oxygen atoms in total. The van der Waals surface area contributed by atoms with Crippen molar-refractivity contribution >= 4 is 26.1 Å². The Morgan fingerprint density at radius 2 is 1.00 bits per heavy atom. The largest absolute Gasteiger partial charge is 0.198 e. The Hall–Kier alpha value is -2.38.